The zero-order valence-corrected chi connectivity index (χ0v) is 27.1. The van der Waals surface area contributed by atoms with E-state index >= 15 is 0 Å². The lowest BCUT2D eigenvalue weighted by molar-refractivity contribution is -0.145. The van der Waals surface area contributed by atoms with Crippen LogP contribution in [0.15, 0.2) is 24.3 Å². The number of likely N-dealkylation sites (tertiary alicyclic amines) is 1. The fourth-order valence-electron chi connectivity index (χ4n) is 7.52. The fraction of sp³-hybridized carbons (Fsp3) is 0.676. The molecule has 2 aliphatic carbocycles. The Balaban J connectivity index is 1.27. The monoisotopic (exact) mass is 604 g/mol. The minimum Gasteiger partial charge on any atom is -0.356 e. The number of amides is 4. The highest BCUT2D eigenvalue weighted by Crippen LogP contribution is 2.65. The van der Waals surface area contributed by atoms with Crippen molar-refractivity contribution in [2.24, 2.45) is 34.5 Å². The van der Waals surface area contributed by atoms with Gasteiger partial charge in [-0.3, -0.25) is 19.2 Å². The van der Waals surface area contributed by atoms with E-state index in [4.69, 9.17) is 0 Å². The number of nitrogens with one attached hydrogen (secondary N) is 3. The standard InChI is InChI=1S/C34H48N6O4/c1-33(2,3)28(38-30(42)24-15-23(24)20-10-8-19(9-11-20)17-39(6)7)32(44)40-18-25-26(34(25,4)5)27(40)31(43)37-22(16-35)14-21-12-13-36-29(21)41/h8-11,21-28H,12-15,17-18H2,1-7H3,(H,36,41)(H,37,43)(H,38,42). The van der Waals surface area contributed by atoms with Crippen LogP contribution in [0, 0.1) is 45.8 Å². The summed E-state index contributed by atoms with van der Waals surface area (Å²) in [7, 11) is 4.06. The zero-order valence-electron chi connectivity index (χ0n) is 27.1. The van der Waals surface area contributed by atoms with E-state index in [-0.39, 0.29) is 65.1 Å². The van der Waals surface area contributed by atoms with Gasteiger partial charge in [-0.15, -0.1) is 0 Å². The van der Waals surface area contributed by atoms with Crippen molar-refractivity contribution < 1.29 is 19.2 Å². The van der Waals surface area contributed by atoms with E-state index in [1.165, 1.54) is 5.56 Å². The molecule has 4 aliphatic rings. The minimum atomic E-state index is -0.823. The van der Waals surface area contributed by atoms with E-state index in [2.05, 4.69) is 65.0 Å². The summed E-state index contributed by atoms with van der Waals surface area (Å²) < 4.78 is 0. The third-order valence-corrected chi connectivity index (χ3v) is 10.3. The first-order valence-electron chi connectivity index (χ1n) is 16.0. The number of benzene rings is 1. The van der Waals surface area contributed by atoms with Crippen molar-refractivity contribution in [1.29, 1.82) is 5.26 Å². The molecule has 0 aromatic heterocycles. The van der Waals surface area contributed by atoms with Crippen molar-refractivity contribution in [3.63, 3.8) is 0 Å². The number of hydrogen-bond acceptors (Lipinski definition) is 6. The van der Waals surface area contributed by atoms with Gasteiger partial charge in [0.05, 0.1) is 6.07 Å². The Bertz CT molecular complexity index is 1340. The number of carbonyl (C=O) groups excluding carboxylic acids is 4. The summed E-state index contributed by atoms with van der Waals surface area (Å²) in [6.45, 7) is 11.9. The maximum atomic E-state index is 14.2. The predicted molar refractivity (Wildman–Crippen MR) is 166 cm³/mol. The molecular formula is C34H48N6O4. The Morgan fingerprint density at radius 2 is 1.82 bits per heavy atom. The molecule has 8 unspecified atom stereocenters. The maximum absolute atomic E-state index is 14.2. The Kier molecular flexibility index (Phi) is 8.58. The van der Waals surface area contributed by atoms with Crippen molar-refractivity contribution >= 4 is 23.6 Å². The molecule has 0 radical (unpaired) electrons. The molecule has 2 saturated heterocycles. The summed E-state index contributed by atoms with van der Waals surface area (Å²) in [6, 6.07) is 8.19. The van der Waals surface area contributed by atoms with Crippen LogP contribution in [-0.2, 0) is 25.7 Å². The number of nitriles is 1. The molecule has 2 heterocycles. The SMILES string of the molecule is CN(C)Cc1ccc(C2CC2C(=O)NC(C(=O)N2CC3C(C2C(=O)NC(C#N)CC2CCNC2=O)C3(C)C)C(C)(C)C)cc1. The number of piperidine rings is 1. The molecule has 4 amide bonds. The van der Waals surface area contributed by atoms with E-state index in [0.717, 1.165) is 18.5 Å². The van der Waals surface area contributed by atoms with Gasteiger partial charge in [0.25, 0.3) is 0 Å². The van der Waals surface area contributed by atoms with Crippen molar-refractivity contribution in [3.05, 3.63) is 35.4 Å². The molecule has 4 fully saturated rings. The first-order valence-corrected chi connectivity index (χ1v) is 16.0. The molecule has 1 aromatic rings. The summed E-state index contributed by atoms with van der Waals surface area (Å²) in [5.41, 5.74) is 1.66. The van der Waals surface area contributed by atoms with Gasteiger partial charge >= 0.3 is 0 Å². The van der Waals surface area contributed by atoms with E-state index < -0.39 is 23.5 Å². The largest absolute Gasteiger partial charge is 0.356 e. The molecule has 0 bridgehead atoms. The highest BCUT2D eigenvalue weighted by molar-refractivity contribution is 5.95. The number of nitrogens with zero attached hydrogens (tertiary/aromatic N) is 3. The van der Waals surface area contributed by atoms with Gasteiger partial charge in [-0.1, -0.05) is 58.9 Å². The second-order valence-electron chi connectivity index (χ2n) is 15.3. The lowest BCUT2D eigenvalue weighted by Crippen LogP contribution is -2.60. The molecule has 44 heavy (non-hydrogen) atoms. The van der Waals surface area contributed by atoms with E-state index in [1.54, 1.807) is 4.90 Å². The molecule has 2 saturated carbocycles. The predicted octanol–water partition coefficient (Wildman–Crippen LogP) is 2.40. The van der Waals surface area contributed by atoms with Gasteiger partial charge in [0.15, 0.2) is 0 Å². The van der Waals surface area contributed by atoms with Crippen LogP contribution < -0.4 is 16.0 Å². The number of fused-ring (bicyclic) bond motifs is 1. The lowest BCUT2D eigenvalue weighted by Gasteiger charge is -2.38. The van der Waals surface area contributed by atoms with Crippen molar-refractivity contribution in [2.45, 2.75) is 84.5 Å². The average Bonchev–Trinajstić information content (AvgIpc) is 3.69. The normalized spacial score (nSPS) is 29.7. The second kappa shape index (κ2) is 11.8. The number of hydrogen-bond donors (Lipinski definition) is 3. The van der Waals surface area contributed by atoms with Gasteiger partial charge in [-0.2, -0.15) is 5.26 Å². The molecule has 1 aromatic carbocycles. The van der Waals surface area contributed by atoms with Crippen molar-refractivity contribution in [2.75, 3.05) is 27.2 Å². The first kappa shape index (κ1) is 32.0. The third-order valence-electron chi connectivity index (χ3n) is 10.3. The Morgan fingerprint density at radius 3 is 2.39 bits per heavy atom. The molecule has 3 N–H and O–H groups in total. The lowest BCUT2D eigenvalue weighted by atomic mass is 9.85. The summed E-state index contributed by atoms with van der Waals surface area (Å²) >= 11 is 0. The topological polar surface area (TPSA) is 135 Å². The summed E-state index contributed by atoms with van der Waals surface area (Å²) in [6.07, 6.45) is 1.62. The van der Waals surface area contributed by atoms with Crippen LogP contribution in [0.4, 0.5) is 0 Å². The molecule has 10 heteroatoms. The van der Waals surface area contributed by atoms with E-state index in [0.29, 0.717) is 19.5 Å². The number of carbonyl (C=O) groups is 4. The molecule has 8 atom stereocenters. The van der Waals surface area contributed by atoms with Crippen molar-refractivity contribution in [3.8, 4) is 6.07 Å². The molecule has 238 valence electrons. The van der Waals surface area contributed by atoms with Gasteiger partial charge in [-0.25, -0.2) is 0 Å². The summed E-state index contributed by atoms with van der Waals surface area (Å²) in [4.78, 5) is 57.3. The van der Waals surface area contributed by atoms with Crippen LogP contribution in [0.3, 0.4) is 0 Å². The molecule has 2 aliphatic heterocycles. The summed E-state index contributed by atoms with van der Waals surface area (Å²) in [5, 5.41) is 18.5. The Labute approximate surface area is 261 Å². The second-order valence-corrected chi connectivity index (χ2v) is 15.3. The van der Waals surface area contributed by atoms with Crippen LogP contribution in [0.5, 0.6) is 0 Å². The van der Waals surface area contributed by atoms with E-state index in [1.807, 2.05) is 34.9 Å². The van der Waals surface area contributed by atoms with Crippen LogP contribution in [0.25, 0.3) is 0 Å². The smallest absolute Gasteiger partial charge is 0.246 e. The van der Waals surface area contributed by atoms with Crippen LogP contribution in [0.1, 0.15) is 70.9 Å². The highest BCUT2D eigenvalue weighted by Gasteiger charge is 2.70. The minimum absolute atomic E-state index is 0.0276. The summed E-state index contributed by atoms with van der Waals surface area (Å²) in [5.74, 6) is -1.08. The van der Waals surface area contributed by atoms with Gasteiger partial charge in [-0.05, 0) is 73.1 Å². The van der Waals surface area contributed by atoms with Gasteiger partial charge in [0, 0.05) is 31.5 Å². The van der Waals surface area contributed by atoms with E-state index in [9.17, 15) is 24.4 Å². The van der Waals surface area contributed by atoms with Gasteiger partial charge in [0.1, 0.15) is 18.1 Å². The van der Waals surface area contributed by atoms with Crippen LogP contribution in [0.2, 0.25) is 0 Å². The van der Waals surface area contributed by atoms with Crippen LogP contribution in [-0.4, -0.2) is 78.7 Å². The molecule has 10 nitrogen and oxygen atoms in total. The highest BCUT2D eigenvalue weighted by atomic mass is 16.2. The zero-order chi connectivity index (χ0) is 32.1. The Hall–Kier alpha value is -3.45. The molecular weight excluding hydrogens is 556 g/mol. The van der Waals surface area contributed by atoms with Gasteiger partial charge in [0.2, 0.25) is 23.6 Å². The fourth-order valence-corrected chi connectivity index (χ4v) is 7.52. The first-order chi connectivity index (χ1) is 20.6. The maximum Gasteiger partial charge on any atom is 0.246 e. The quantitative estimate of drug-likeness (QED) is 0.376. The number of rotatable bonds is 10. The molecule has 0 spiro atoms. The molecule has 5 rings (SSSR count). The van der Waals surface area contributed by atoms with Gasteiger partial charge < -0.3 is 25.8 Å². The van der Waals surface area contributed by atoms with Crippen molar-refractivity contribution in [1.82, 2.24) is 25.8 Å². The average molecular weight is 605 g/mol. The Morgan fingerprint density at radius 1 is 1.14 bits per heavy atom. The third kappa shape index (κ3) is 6.35. The van der Waals surface area contributed by atoms with Crippen LogP contribution >= 0.6 is 0 Å².